The highest BCUT2D eigenvalue weighted by Gasteiger charge is 2.58. The first-order chi connectivity index (χ1) is 19.1. The van der Waals surface area contributed by atoms with Crippen LogP contribution in [-0.2, 0) is 32.9 Å². The summed E-state index contributed by atoms with van der Waals surface area (Å²) >= 11 is 0. The van der Waals surface area contributed by atoms with E-state index in [1.54, 1.807) is 23.1 Å². The van der Waals surface area contributed by atoms with Crippen molar-refractivity contribution in [1.82, 2.24) is 15.1 Å². The predicted octanol–water partition coefficient (Wildman–Crippen LogP) is 3.38. The summed E-state index contributed by atoms with van der Waals surface area (Å²) in [4.78, 5) is 55.8. The van der Waals surface area contributed by atoms with Crippen LogP contribution in [0.4, 0.5) is 4.79 Å². The fourth-order valence-corrected chi connectivity index (χ4v) is 5.77. The molecule has 0 radical (unpaired) electrons. The van der Waals surface area contributed by atoms with E-state index in [0.29, 0.717) is 30.0 Å². The second-order valence-corrected chi connectivity index (χ2v) is 11.6. The molecule has 0 aromatic heterocycles. The largest absolute Gasteiger partial charge is 0.427 e. The number of aryl methyl sites for hydroxylation is 1. The summed E-state index contributed by atoms with van der Waals surface area (Å²) in [6, 6.07) is 14.3. The third-order valence-corrected chi connectivity index (χ3v) is 8.54. The molecule has 4 amide bonds. The van der Waals surface area contributed by atoms with Gasteiger partial charge in [0, 0.05) is 30.1 Å². The molecule has 5 rings (SSSR count). The minimum Gasteiger partial charge on any atom is -0.427 e. The summed E-state index contributed by atoms with van der Waals surface area (Å²) in [6.07, 6.45) is 1.99. The van der Waals surface area contributed by atoms with E-state index in [-0.39, 0.29) is 49.4 Å². The maximum atomic E-state index is 13.7. The van der Waals surface area contributed by atoms with E-state index in [9.17, 15) is 24.3 Å². The molecule has 2 aromatic rings. The monoisotopic (exact) mass is 547 g/mol. The van der Waals surface area contributed by atoms with E-state index < -0.39 is 17.6 Å². The van der Waals surface area contributed by atoms with Gasteiger partial charge < -0.3 is 20.1 Å². The Hall–Kier alpha value is -3.72. The van der Waals surface area contributed by atoms with Gasteiger partial charge in [-0.05, 0) is 61.3 Å². The number of hydrogen-bond acceptors (Lipinski definition) is 6. The van der Waals surface area contributed by atoms with Crippen LogP contribution in [0.1, 0.15) is 67.1 Å². The molecular weight excluding hydrogens is 510 g/mol. The van der Waals surface area contributed by atoms with Crippen LogP contribution in [0.15, 0.2) is 48.5 Å². The van der Waals surface area contributed by atoms with Crippen molar-refractivity contribution >= 4 is 23.8 Å². The minimum atomic E-state index is -1.49. The molecule has 1 saturated carbocycles. The summed E-state index contributed by atoms with van der Waals surface area (Å²) in [5.74, 6) is -0.671. The molecule has 9 heteroatoms. The first-order valence-corrected chi connectivity index (χ1v) is 14.1. The summed E-state index contributed by atoms with van der Waals surface area (Å²) < 4.78 is 5.73. The van der Waals surface area contributed by atoms with Crippen LogP contribution in [0.2, 0.25) is 0 Å². The van der Waals surface area contributed by atoms with Crippen LogP contribution in [0.25, 0.3) is 0 Å². The van der Waals surface area contributed by atoms with Crippen molar-refractivity contribution < 1.29 is 29.0 Å². The Morgan fingerprint density at radius 3 is 2.50 bits per heavy atom. The molecule has 2 fully saturated rings. The third kappa shape index (κ3) is 5.22. The van der Waals surface area contributed by atoms with Gasteiger partial charge in [-0.25, -0.2) is 9.69 Å². The zero-order chi connectivity index (χ0) is 28.6. The van der Waals surface area contributed by atoms with E-state index in [1.165, 1.54) is 0 Å². The van der Waals surface area contributed by atoms with E-state index in [0.717, 1.165) is 28.9 Å². The van der Waals surface area contributed by atoms with Crippen LogP contribution >= 0.6 is 0 Å². The number of carbonyl (C=O) groups is 4. The highest BCUT2D eigenvalue weighted by atomic mass is 16.6. The predicted molar refractivity (Wildman–Crippen MR) is 147 cm³/mol. The molecule has 40 heavy (non-hydrogen) atoms. The SMILES string of the molecule is CC(C)C(CO)NC(=O)c1ccc2c(c1)CCC21OC(=O)N(CC(=O)N(Cc2ccccc2)C(C)C2CC2)C1=O. The van der Waals surface area contributed by atoms with Crippen molar-refractivity contribution in [3.8, 4) is 0 Å². The fourth-order valence-electron chi connectivity index (χ4n) is 5.77. The molecule has 9 nitrogen and oxygen atoms in total. The van der Waals surface area contributed by atoms with Crippen LogP contribution in [0.5, 0.6) is 0 Å². The lowest BCUT2D eigenvalue weighted by molar-refractivity contribution is -0.143. The molecule has 1 spiro atoms. The highest BCUT2D eigenvalue weighted by molar-refractivity contribution is 6.06. The summed E-state index contributed by atoms with van der Waals surface area (Å²) in [6.45, 7) is 5.71. The standard InChI is InChI=1S/C31H37N3O6/c1-19(2)26(18-35)32-28(37)24-11-12-25-23(15-24)13-14-31(25)29(38)34(30(39)40-31)17-27(36)33(20(3)22-9-10-22)16-21-7-5-4-6-8-21/h4-8,11-12,15,19-20,22,26,35H,9-10,13-14,16-18H2,1-3H3,(H,32,37). The zero-order valence-electron chi connectivity index (χ0n) is 23.3. The Kier molecular flexibility index (Phi) is 7.68. The van der Waals surface area contributed by atoms with Gasteiger partial charge in [-0.1, -0.05) is 50.2 Å². The molecule has 3 atom stereocenters. The maximum absolute atomic E-state index is 13.7. The first-order valence-electron chi connectivity index (χ1n) is 14.1. The lowest BCUT2D eigenvalue weighted by Crippen LogP contribution is -2.47. The van der Waals surface area contributed by atoms with Gasteiger partial charge in [-0.15, -0.1) is 0 Å². The van der Waals surface area contributed by atoms with Crippen molar-refractivity contribution in [3.63, 3.8) is 0 Å². The van der Waals surface area contributed by atoms with Crippen molar-refractivity contribution in [2.24, 2.45) is 11.8 Å². The summed E-state index contributed by atoms with van der Waals surface area (Å²) in [7, 11) is 0. The van der Waals surface area contributed by atoms with Gasteiger partial charge in [0.05, 0.1) is 12.6 Å². The second kappa shape index (κ2) is 11.0. The second-order valence-electron chi connectivity index (χ2n) is 11.6. The number of ether oxygens (including phenoxy) is 1. The minimum absolute atomic E-state index is 0.00621. The van der Waals surface area contributed by atoms with Gasteiger partial charge in [-0.2, -0.15) is 0 Å². The Labute approximate surface area is 234 Å². The van der Waals surface area contributed by atoms with Crippen LogP contribution in [0.3, 0.4) is 0 Å². The van der Waals surface area contributed by atoms with Gasteiger partial charge in [0.25, 0.3) is 11.8 Å². The van der Waals surface area contributed by atoms with E-state index >= 15 is 0 Å². The number of amides is 4. The van der Waals surface area contributed by atoms with Crippen LogP contribution in [-0.4, -0.2) is 64.0 Å². The van der Waals surface area contributed by atoms with E-state index in [4.69, 9.17) is 4.74 Å². The Morgan fingerprint density at radius 2 is 1.85 bits per heavy atom. The average molecular weight is 548 g/mol. The summed E-state index contributed by atoms with van der Waals surface area (Å²) in [5, 5.41) is 12.4. The van der Waals surface area contributed by atoms with Crippen molar-refractivity contribution in [3.05, 3.63) is 70.8 Å². The molecule has 2 aromatic carbocycles. The van der Waals surface area contributed by atoms with Gasteiger partial charge in [0.1, 0.15) is 6.54 Å². The highest BCUT2D eigenvalue weighted by Crippen LogP contribution is 2.45. The first kappa shape index (κ1) is 27.8. The number of carbonyl (C=O) groups excluding carboxylic acids is 4. The smallest absolute Gasteiger partial charge is 0.418 e. The van der Waals surface area contributed by atoms with Gasteiger partial charge in [-0.3, -0.25) is 14.4 Å². The quantitative estimate of drug-likeness (QED) is 0.471. The average Bonchev–Trinajstić information content (AvgIpc) is 3.70. The van der Waals surface area contributed by atoms with Crippen molar-refractivity contribution in [1.29, 1.82) is 0 Å². The Morgan fingerprint density at radius 1 is 1.12 bits per heavy atom. The zero-order valence-corrected chi connectivity index (χ0v) is 23.3. The topological polar surface area (TPSA) is 116 Å². The molecule has 1 heterocycles. The molecule has 2 N–H and O–H groups in total. The molecular formula is C31H37N3O6. The van der Waals surface area contributed by atoms with Crippen molar-refractivity contribution in [2.75, 3.05) is 13.2 Å². The molecule has 2 aliphatic carbocycles. The number of hydrogen-bond donors (Lipinski definition) is 2. The third-order valence-electron chi connectivity index (χ3n) is 8.54. The van der Waals surface area contributed by atoms with Crippen molar-refractivity contribution in [2.45, 2.75) is 70.7 Å². The molecule has 0 bridgehead atoms. The lowest BCUT2D eigenvalue weighted by atomic mass is 9.94. The van der Waals surface area contributed by atoms with Gasteiger partial charge in [0.15, 0.2) is 0 Å². The van der Waals surface area contributed by atoms with E-state index in [2.05, 4.69) is 5.32 Å². The van der Waals surface area contributed by atoms with Crippen LogP contribution in [0, 0.1) is 11.8 Å². The lowest BCUT2D eigenvalue weighted by Gasteiger charge is -2.30. The number of aliphatic hydroxyl groups excluding tert-OH is 1. The number of nitrogens with zero attached hydrogens (tertiary/aromatic N) is 2. The maximum Gasteiger partial charge on any atom is 0.418 e. The Balaban J connectivity index is 1.33. The molecule has 1 aliphatic heterocycles. The molecule has 3 aliphatic rings. The van der Waals surface area contributed by atoms with Gasteiger partial charge >= 0.3 is 6.09 Å². The number of aliphatic hydroxyl groups is 1. The number of nitrogens with one attached hydrogen (secondary N) is 1. The number of imide groups is 1. The Bertz CT molecular complexity index is 1310. The molecule has 212 valence electrons. The number of fused-ring (bicyclic) bond motifs is 2. The van der Waals surface area contributed by atoms with E-state index in [1.807, 2.05) is 51.1 Å². The number of rotatable bonds is 10. The normalized spacial score (nSPS) is 21.4. The van der Waals surface area contributed by atoms with Gasteiger partial charge in [0.2, 0.25) is 11.5 Å². The number of benzene rings is 2. The summed E-state index contributed by atoms with van der Waals surface area (Å²) in [5.41, 5.74) is 1.20. The van der Waals surface area contributed by atoms with Crippen LogP contribution < -0.4 is 5.32 Å². The molecule has 3 unspecified atom stereocenters. The molecule has 1 saturated heterocycles. The fraction of sp³-hybridized carbons (Fsp3) is 0.484.